The number of anilines is 3. The van der Waals surface area contributed by atoms with Crippen LogP contribution < -0.4 is 4.90 Å². The number of hydrogen-bond acceptors (Lipinski definition) is 7. The summed E-state index contributed by atoms with van der Waals surface area (Å²) in [5.41, 5.74) is 7.51. The fraction of sp³-hybridized carbons (Fsp3) is 0.409. The van der Waals surface area contributed by atoms with Gasteiger partial charge in [0.25, 0.3) is 0 Å². The lowest BCUT2D eigenvalue weighted by Gasteiger charge is -2.31. The first-order chi connectivity index (χ1) is 25.0. The second-order valence-electron chi connectivity index (χ2n) is 13.9. The van der Waals surface area contributed by atoms with Crippen LogP contribution in [0.15, 0.2) is 103 Å². The lowest BCUT2D eigenvalue weighted by atomic mass is 10.0. The monoisotopic (exact) mass is 723 g/mol. The molecule has 0 saturated carbocycles. The minimum atomic E-state index is -2.33. The van der Waals surface area contributed by atoms with Crippen molar-refractivity contribution in [1.29, 1.82) is 0 Å². The van der Waals surface area contributed by atoms with Crippen molar-refractivity contribution in [2.24, 2.45) is 0 Å². The number of benzene rings is 4. The Hall–Kier alpha value is -4.24. The molecular weight excluding hydrogens is 667 g/mol. The first-order valence-electron chi connectivity index (χ1n) is 18.9. The summed E-state index contributed by atoms with van der Waals surface area (Å²) >= 11 is 0. The Labute approximate surface area is 312 Å². The van der Waals surface area contributed by atoms with E-state index in [2.05, 4.69) is 103 Å². The third-order valence-corrected chi connectivity index (χ3v) is 11.8. The SMILES string of the molecule is CCCCOC(=O)CCc1ccc(N(c2ccc(CCC(=O)OCCC[Si](C)(OC(C)C)OC(C)C)cc2)c2ccc(-c3ccccc3)cc2)cc1. The molecule has 0 amide bonds. The fourth-order valence-electron chi connectivity index (χ4n) is 6.19. The highest BCUT2D eigenvalue weighted by atomic mass is 28.4. The van der Waals surface area contributed by atoms with E-state index in [1.165, 1.54) is 5.56 Å². The summed E-state index contributed by atoms with van der Waals surface area (Å²) in [7, 11) is -2.33. The smallest absolute Gasteiger partial charge is 0.335 e. The Morgan fingerprint density at radius 1 is 0.596 bits per heavy atom. The molecule has 0 bridgehead atoms. The highest BCUT2D eigenvalue weighted by molar-refractivity contribution is 6.66. The molecule has 0 N–H and O–H groups in total. The highest BCUT2D eigenvalue weighted by Gasteiger charge is 2.33. The van der Waals surface area contributed by atoms with Gasteiger partial charge in [-0.05, 0) is 125 Å². The molecule has 0 aliphatic carbocycles. The van der Waals surface area contributed by atoms with Crippen LogP contribution in [0.1, 0.15) is 77.8 Å². The van der Waals surface area contributed by atoms with Crippen LogP contribution in [0.2, 0.25) is 12.6 Å². The van der Waals surface area contributed by atoms with Gasteiger partial charge in [-0.25, -0.2) is 0 Å². The molecule has 0 aromatic heterocycles. The molecule has 52 heavy (non-hydrogen) atoms. The van der Waals surface area contributed by atoms with E-state index in [1.54, 1.807) is 0 Å². The molecule has 8 heteroatoms. The summed E-state index contributed by atoms with van der Waals surface area (Å²) in [6.07, 6.45) is 4.72. The number of hydrogen-bond donors (Lipinski definition) is 0. The molecule has 4 rings (SSSR count). The summed E-state index contributed by atoms with van der Waals surface area (Å²) in [5.74, 6) is -0.351. The average Bonchev–Trinajstić information content (AvgIpc) is 3.13. The van der Waals surface area contributed by atoms with Crippen LogP contribution in [0, 0.1) is 0 Å². The number of esters is 2. The molecule has 0 saturated heterocycles. The maximum atomic E-state index is 12.6. The largest absolute Gasteiger partial charge is 0.466 e. The van der Waals surface area contributed by atoms with E-state index in [4.69, 9.17) is 18.3 Å². The van der Waals surface area contributed by atoms with Gasteiger partial charge in [0.1, 0.15) is 0 Å². The Kier molecular flexibility index (Phi) is 16.1. The predicted molar refractivity (Wildman–Crippen MR) is 214 cm³/mol. The summed E-state index contributed by atoms with van der Waals surface area (Å²) in [6.45, 7) is 13.1. The maximum absolute atomic E-state index is 12.6. The van der Waals surface area contributed by atoms with Gasteiger partial charge >= 0.3 is 20.5 Å². The Bertz CT molecular complexity index is 1630. The van der Waals surface area contributed by atoms with Crippen LogP contribution in [0.5, 0.6) is 0 Å². The minimum Gasteiger partial charge on any atom is -0.466 e. The number of carbonyl (C=O) groups is 2. The molecule has 0 fully saturated rings. The van der Waals surface area contributed by atoms with Crippen molar-refractivity contribution < 1.29 is 27.9 Å². The van der Waals surface area contributed by atoms with Crippen molar-refractivity contribution in [3.63, 3.8) is 0 Å². The first-order valence-corrected chi connectivity index (χ1v) is 21.4. The molecule has 0 atom stereocenters. The van der Waals surface area contributed by atoms with Crippen molar-refractivity contribution in [2.45, 2.75) is 104 Å². The van der Waals surface area contributed by atoms with E-state index in [-0.39, 0.29) is 24.1 Å². The quantitative estimate of drug-likeness (QED) is 0.0481. The number of ether oxygens (including phenoxy) is 2. The van der Waals surface area contributed by atoms with Gasteiger partial charge in [-0.3, -0.25) is 9.59 Å². The van der Waals surface area contributed by atoms with E-state index in [0.29, 0.717) is 38.9 Å². The van der Waals surface area contributed by atoms with Crippen molar-refractivity contribution >= 4 is 37.6 Å². The van der Waals surface area contributed by atoms with Gasteiger partial charge in [-0.1, -0.05) is 80.1 Å². The predicted octanol–water partition coefficient (Wildman–Crippen LogP) is 10.9. The van der Waals surface area contributed by atoms with Gasteiger partial charge < -0.3 is 23.2 Å². The minimum absolute atomic E-state index is 0.0980. The van der Waals surface area contributed by atoms with Crippen LogP contribution >= 0.6 is 0 Å². The molecule has 0 radical (unpaired) electrons. The van der Waals surface area contributed by atoms with Gasteiger partial charge in [-0.15, -0.1) is 0 Å². The van der Waals surface area contributed by atoms with Crippen molar-refractivity contribution in [3.05, 3.63) is 114 Å². The van der Waals surface area contributed by atoms with Crippen LogP contribution in [0.3, 0.4) is 0 Å². The third kappa shape index (κ3) is 13.4. The first kappa shape index (κ1) is 40.5. The van der Waals surface area contributed by atoms with E-state index < -0.39 is 8.56 Å². The van der Waals surface area contributed by atoms with Gasteiger partial charge in [0.05, 0.1) is 13.2 Å². The standard InChI is InChI=1S/C44H57NO6Si/c1-7-8-31-48-43(46)29-19-36-15-23-40(24-16-36)45(42-27-21-39(22-28-42)38-13-10-9-11-14-38)41-25-17-37(18-26-41)20-30-44(47)49-32-12-33-52(6,50-34(2)3)51-35(4)5/h9-11,13-18,21-28,34-35H,7-8,12,19-20,29-33H2,1-6H3. The lowest BCUT2D eigenvalue weighted by molar-refractivity contribution is -0.144. The molecule has 278 valence electrons. The summed E-state index contributed by atoms with van der Waals surface area (Å²) < 4.78 is 23.2. The van der Waals surface area contributed by atoms with Gasteiger partial charge in [-0.2, -0.15) is 0 Å². The zero-order valence-corrected chi connectivity index (χ0v) is 32.9. The van der Waals surface area contributed by atoms with Crippen LogP contribution in [-0.4, -0.2) is 45.9 Å². The molecule has 0 aliphatic rings. The van der Waals surface area contributed by atoms with Gasteiger partial charge in [0.15, 0.2) is 0 Å². The van der Waals surface area contributed by atoms with Crippen LogP contribution in [0.25, 0.3) is 11.1 Å². The molecule has 4 aromatic rings. The Balaban J connectivity index is 1.40. The Morgan fingerprint density at radius 3 is 1.46 bits per heavy atom. The van der Waals surface area contributed by atoms with E-state index in [0.717, 1.165) is 59.1 Å². The molecule has 7 nitrogen and oxygen atoms in total. The molecule has 0 spiro atoms. The maximum Gasteiger partial charge on any atom is 0.335 e. The summed E-state index contributed by atoms with van der Waals surface area (Å²) in [6, 6.07) is 36.4. The van der Waals surface area contributed by atoms with Crippen molar-refractivity contribution in [1.82, 2.24) is 0 Å². The second-order valence-corrected chi connectivity index (χ2v) is 17.2. The van der Waals surface area contributed by atoms with Gasteiger partial charge in [0.2, 0.25) is 0 Å². The molecular formula is C44H57NO6Si. The molecule has 4 aromatic carbocycles. The second kappa shape index (κ2) is 20.7. The third-order valence-electron chi connectivity index (χ3n) is 8.63. The Morgan fingerprint density at radius 2 is 1.02 bits per heavy atom. The topological polar surface area (TPSA) is 74.3 Å². The lowest BCUT2D eigenvalue weighted by Crippen LogP contribution is -2.43. The van der Waals surface area contributed by atoms with E-state index in [1.807, 2.05) is 45.9 Å². The molecule has 0 unspecified atom stereocenters. The zero-order valence-electron chi connectivity index (χ0n) is 31.9. The number of aryl methyl sites for hydroxylation is 2. The number of carbonyl (C=O) groups excluding carboxylic acids is 2. The number of rotatable bonds is 21. The highest BCUT2D eigenvalue weighted by Crippen LogP contribution is 2.36. The normalized spacial score (nSPS) is 11.5. The molecule has 0 aliphatic heterocycles. The summed E-state index contributed by atoms with van der Waals surface area (Å²) in [5, 5.41) is 0. The van der Waals surface area contributed by atoms with Crippen LogP contribution in [0.4, 0.5) is 17.1 Å². The summed E-state index contributed by atoms with van der Waals surface area (Å²) in [4.78, 5) is 27.0. The van der Waals surface area contributed by atoms with E-state index >= 15 is 0 Å². The van der Waals surface area contributed by atoms with Crippen molar-refractivity contribution in [3.8, 4) is 11.1 Å². The van der Waals surface area contributed by atoms with E-state index in [9.17, 15) is 9.59 Å². The van der Waals surface area contributed by atoms with Gasteiger partial charge in [0, 0.05) is 42.1 Å². The van der Waals surface area contributed by atoms with Crippen molar-refractivity contribution in [2.75, 3.05) is 18.1 Å². The average molecular weight is 724 g/mol. The molecule has 0 heterocycles. The zero-order chi connectivity index (χ0) is 37.3. The fourth-order valence-corrected chi connectivity index (χ4v) is 9.27. The number of nitrogens with zero attached hydrogens (tertiary/aromatic N) is 1. The number of unbranched alkanes of at least 4 members (excludes halogenated alkanes) is 1. The van der Waals surface area contributed by atoms with Crippen LogP contribution in [-0.2, 0) is 40.8 Å².